The Bertz CT molecular complexity index is 1290. The van der Waals surface area contributed by atoms with E-state index in [1.54, 1.807) is 12.1 Å². The van der Waals surface area contributed by atoms with Gasteiger partial charge in [0.25, 0.3) is 5.91 Å². The monoisotopic (exact) mass is 478 g/mol. The molecule has 0 radical (unpaired) electrons. The summed E-state index contributed by atoms with van der Waals surface area (Å²) in [7, 11) is 0. The van der Waals surface area contributed by atoms with Crippen LogP contribution in [0.15, 0.2) is 72.8 Å². The van der Waals surface area contributed by atoms with E-state index in [9.17, 15) is 13.6 Å². The summed E-state index contributed by atoms with van der Waals surface area (Å²) in [5.74, 6) is 1.35. The van der Waals surface area contributed by atoms with Crippen LogP contribution in [0.25, 0.3) is 10.9 Å². The average Bonchev–Trinajstić information content (AvgIpc) is 3.11. The van der Waals surface area contributed by atoms with E-state index in [2.05, 4.69) is 17.0 Å². The highest BCUT2D eigenvalue weighted by Gasteiger charge is 2.19. The Hall–Kier alpha value is -3.87. The Morgan fingerprint density at radius 2 is 1.74 bits per heavy atom. The van der Waals surface area contributed by atoms with Crippen LogP contribution in [0.5, 0.6) is 17.4 Å². The number of para-hydroxylation sites is 1. The number of nitrogens with one attached hydrogen (secondary N) is 1. The van der Waals surface area contributed by atoms with Crippen molar-refractivity contribution in [2.24, 2.45) is 0 Å². The maximum atomic E-state index is 12.6. The molecule has 35 heavy (non-hydrogen) atoms. The molecule has 182 valence electrons. The quantitative estimate of drug-likeness (QED) is 0.252. The van der Waals surface area contributed by atoms with E-state index < -0.39 is 6.61 Å². The van der Waals surface area contributed by atoms with Crippen molar-refractivity contribution in [2.45, 2.75) is 39.8 Å². The molecule has 4 aromatic rings. The molecule has 4 rings (SSSR count). The number of rotatable bonds is 10. The predicted octanol–water partition coefficient (Wildman–Crippen LogP) is 6.92. The van der Waals surface area contributed by atoms with Crippen molar-refractivity contribution >= 4 is 16.8 Å². The molecule has 1 aromatic heterocycles. The van der Waals surface area contributed by atoms with Crippen LogP contribution >= 0.6 is 0 Å². The third kappa shape index (κ3) is 5.80. The average molecular weight is 479 g/mol. The van der Waals surface area contributed by atoms with Gasteiger partial charge in [0.1, 0.15) is 11.5 Å². The van der Waals surface area contributed by atoms with Gasteiger partial charge in [0.2, 0.25) is 5.88 Å². The molecule has 0 atom stereocenters. The van der Waals surface area contributed by atoms with Crippen LogP contribution in [0.4, 0.5) is 8.78 Å². The maximum absolute atomic E-state index is 12.6. The summed E-state index contributed by atoms with van der Waals surface area (Å²) in [6.45, 7) is 2.27. The van der Waals surface area contributed by atoms with Gasteiger partial charge in [-0.05, 0) is 61.4 Å². The first-order valence-electron chi connectivity index (χ1n) is 11.6. The number of hydrogen-bond acceptors (Lipinski definition) is 3. The summed E-state index contributed by atoms with van der Waals surface area (Å²) < 4.78 is 37.8. The summed E-state index contributed by atoms with van der Waals surface area (Å²) in [5.41, 5.74) is 3.30. The van der Waals surface area contributed by atoms with Crippen molar-refractivity contribution in [3.05, 3.63) is 89.5 Å². The van der Waals surface area contributed by atoms with E-state index in [4.69, 9.17) is 4.74 Å². The van der Waals surface area contributed by atoms with E-state index in [1.807, 2.05) is 60.0 Å². The number of aromatic nitrogens is 1. The van der Waals surface area contributed by atoms with E-state index in [1.165, 1.54) is 12.1 Å². The third-order valence-corrected chi connectivity index (χ3v) is 5.78. The Morgan fingerprint density at radius 1 is 1.00 bits per heavy atom. The second-order valence-electron chi connectivity index (χ2n) is 8.30. The zero-order valence-corrected chi connectivity index (χ0v) is 19.8. The van der Waals surface area contributed by atoms with Crippen molar-refractivity contribution in [3.8, 4) is 17.4 Å². The second kappa shape index (κ2) is 11.0. The SMILES string of the molecule is CCCCNC(=O)c1ccc2c(c1)c(C)c(Oc1ccccc1)n2Cc1ccc(OC(F)F)cc1. The molecule has 0 saturated carbocycles. The molecule has 1 heterocycles. The predicted molar refractivity (Wildman–Crippen MR) is 133 cm³/mol. The number of ether oxygens (including phenoxy) is 2. The minimum atomic E-state index is -2.86. The van der Waals surface area contributed by atoms with Crippen LogP contribution in [-0.4, -0.2) is 23.6 Å². The Balaban J connectivity index is 1.71. The van der Waals surface area contributed by atoms with Crippen molar-refractivity contribution in [1.29, 1.82) is 0 Å². The molecule has 0 aliphatic heterocycles. The number of nitrogens with zero attached hydrogens (tertiary/aromatic N) is 1. The van der Waals surface area contributed by atoms with Crippen LogP contribution < -0.4 is 14.8 Å². The third-order valence-electron chi connectivity index (χ3n) is 5.78. The molecule has 0 saturated heterocycles. The lowest BCUT2D eigenvalue weighted by Crippen LogP contribution is -2.24. The van der Waals surface area contributed by atoms with E-state index in [0.717, 1.165) is 34.9 Å². The molecule has 0 bridgehead atoms. The number of unbranched alkanes of at least 4 members (excludes halogenated alkanes) is 1. The van der Waals surface area contributed by atoms with Gasteiger partial charge in [-0.1, -0.05) is 43.7 Å². The van der Waals surface area contributed by atoms with Crippen LogP contribution in [0.1, 0.15) is 41.3 Å². The molecule has 0 unspecified atom stereocenters. The van der Waals surface area contributed by atoms with Gasteiger partial charge < -0.3 is 19.4 Å². The minimum absolute atomic E-state index is 0.104. The molecule has 1 N–H and O–H groups in total. The number of alkyl halides is 2. The van der Waals surface area contributed by atoms with Crippen molar-refractivity contribution in [3.63, 3.8) is 0 Å². The molecule has 0 spiro atoms. The molecule has 5 nitrogen and oxygen atoms in total. The van der Waals surface area contributed by atoms with Gasteiger partial charge in [0, 0.05) is 23.1 Å². The second-order valence-corrected chi connectivity index (χ2v) is 8.30. The first kappa shape index (κ1) is 24.3. The van der Waals surface area contributed by atoms with Gasteiger partial charge >= 0.3 is 6.61 Å². The Kier molecular flexibility index (Phi) is 7.65. The van der Waals surface area contributed by atoms with Gasteiger partial charge in [0.05, 0.1) is 12.1 Å². The lowest BCUT2D eigenvalue weighted by molar-refractivity contribution is -0.0498. The zero-order valence-electron chi connectivity index (χ0n) is 19.8. The van der Waals surface area contributed by atoms with E-state index >= 15 is 0 Å². The van der Waals surface area contributed by atoms with Crippen LogP contribution in [0.2, 0.25) is 0 Å². The molecule has 0 aliphatic carbocycles. The molecule has 3 aromatic carbocycles. The molecule has 0 fully saturated rings. The molecule has 0 aliphatic rings. The summed E-state index contributed by atoms with van der Waals surface area (Å²) in [4.78, 5) is 12.6. The van der Waals surface area contributed by atoms with Crippen molar-refractivity contribution < 1.29 is 23.0 Å². The van der Waals surface area contributed by atoms with Gasteiger partial charge in [-0.15, -0.1) is 0 Å². The van der Waals surface area contributed by atoms with E-state index in [-0.39, 0.29) is 11.7 Å². The number of halogens is 2. The largest absolute Gasteiger partial charge is 0.441 e. The number of aryl methyl sites for hydroxylation is 1. The number of benzene rings is 3. The first-order valence-corrected chi connectivity index (χ1v) is 11.6. The first-order chi connectivity index (χ1) is 17.0. The Labute approximate surface area is 203 Å². The zero-order chi connectivity index (χ0) is 24.8. The fourth-order valence-corrected chi connectivity index (χ4v) is 3.97. The highest BCUT2D eigenvalue weighted by atomic mass is 19.3. The fraction of sp³-hybridized carbons (Fsp3) is 0.250. The number of hydrogen-bond donors (Lipinski definition) is 1. The van der Waals surface area contributed by atoms with Crippen molar-refractivity contribution in [1.82, 2.24) is 9.88 Å². The summed E-state index contributed by atoms with van der Waals surface area (Å²) in [6.07, 6.45) is 1.94. The molecular formula is C28H28F2N2O3. The lowest BCUT2D eigenvalue weighted by atomic mass is 10.1. The smallest absolute Gasteiger partial charge is 0.387 e. The summed E-state index contributed by atoms with van der Waals surface area (Å²) >= 11 is 0. The number of carbonyl (C=O) groups excluding carboxylic acids is 1. The normalized spacial score (nSPS) is 11.1. The minimum Gasteiger partial charge on any atom is -0.441 e. The van der Waals surface area contributed by atoms with Crippen LogP contribution in [-0.2, 0) is 6.54 Å². The maximum Gasteiger partial charge on any atom is 0.387 e. The van der Waals surface area contributed by atoms with Crippen LogP contribution in [0.3, 0.4) is 0 Å². The van der Waals surface area contributed by atoms with Gasteiger partial charge in [-0.2, -0.15) is 8.78 Å². The number of carbonyl (C=O) groups is 1. The lowest BCUT2D eigenvalue weighted by Gasteiger charge is -2.13. The highest BCUT2D eigenvalue weighted by Crippen LogP contribution is 2.36. The standard InChI is InChI=1S/C28H28F2N2O3/c1-3-4-16-31-26(33)21-12-15-25-24(17-21)19(2)27(34-22-8-6-5-7-9-22)32(25)18-20-10-13-23(14-11-20)35-28(29)30/h5-15,17,28H,3-4,16,18H2,1-2H3,(H,31,33). The molecule has 1 amide bonds. The summed E-state index contributed by atoms with van der Waals surface area (Å²) in [5, 5.41) is 3.88. The number of fused-ring (bicyclic) bond motifs is 1. The van der Waals surface area contributed by atoms with E-state index in [0.29, 0.717) is 30.3 Å². The Morgan fingerprint density at radius 3 is 2.43 bits per heavy atom. The summed E-state index contributed by atoms with van der Waals surface area (Å²) in [6, 6.07) is 21.6. The van der Waals surface area contributed by atoms with Gasteiger partial charge in [-0.3, -0.25) is 4.79 Å². The van der Waals surface area contributed by atoms with Crippen molar-refractivity contribution in [2.75, 3.05) is 6.54 Å². The highest BCUT2D eigenvalue weighted by molar-refractivity contribution is 5.99. The topological polar surface area (TPSA) is 52.5 Å². The molecule has 7 heteroatoms. The van der Waals surface area contributed by atoms with Crippen LogP contribution in [0, 0.1) is 6.92 Å². The number of amides is 1. The fourth-order valence-electron chi connectivity index (χ4n) is 3.97. The molecular weight excluding hydrogens is 450 g/mol. The van der Waals surface area contributed by atoms with Gasteiger partial charge in [0.15, 0.2) is 0 Å². The van der Waals surface area contributed by atoms with Gasteiger partial charge in [-0.25, -0.2) is 0 Å².